The summed E-state index contributed by atoms with van der Waals surface area (Å²) in [7, 11) is 1.51. The van der Waals surface area contributed by atoms with Crippen LogP contribution in [0.5, 0.6) is 5.75 Å². The molecular weight excluding hydrogens is 450 g/mol. The van der Waals surface area contributed by atoms with E-state index in [-0.39, 0.29) is 6.42 Å². The van der Waals surface area contributed by atoms with Crippen LogP contribution in [0.2, 0.25) is 0 Å². The van der Waals surface area contributed by atoms with Crippen molar-refractivity contribution in [1.82, 2.24) is 15.2 Å². The van der Waals surface area contributed by atoms with E-state index in [0.717, 1.165) is 0 Å². The Morgan fingerprint density at radius 3 is 2.77 bits per heavy atom. The standard InChI is InChI=1S/C25H29N5O5/c1-4-19(10-13-26)30(24(32)33)17(2)25(11-6-5-7-12-25)29-23(31)28-18-8-9-20(21(14-18)34-3)22-15-27-16-35-22/h5-9,11,14-17,19H,4,10,12H2,1-3H3,(H,32,33)(H2,28,29,31)/t17?,19?,25-/m1/s1. The maximum absolute atomic E-state index is 13.1. The van der Waals surface area contributed by atoms with Crippen LogP contribution in [-0.4, -0.2) is 51.8 Å². The van der Waals surface area contributed by atoms with Gasteiger partial charge < -0.3 is 24.9 Å². The van der Waals surface area contributed by atoms with Gasteiger partial charge in [0.05, 0.1) is 42.9 Å². The number of carbonyl (C=O) groups excluding carboxylic acids is 1. The zero-order valence-corrected chi connectivity index (χ0v) is 19.9. The molecule has 1 aromatic heterocycles. The third kappa shape index (κ3) is 5.63. The van der Waals surface area contributed by atoms with E-state index in [2.05, 4.69) is 21.7 Å². The molecule has 3 N–H and O–H groups in total. The number of nitriles is 1. The zero-order valence-electron chi connectivity index (χ0n) is 19.9. The monoisotopic (exact) mass is 479 g/mol. The Balaban J connectivity index is 1.84. The number of nitrogens with one attached hydrogen (secondary N) is 2. The molecule has 1 aliphatic rings. The number of nitrogens with zero attached hydrogens (tertiary/aromatic N) is 3. The van der Waals surface area contributed by atoms with Crippen LogP contribution in [0.25, 0.3) is 11.3 Å². The van der Waals surface area contributed by atoms with Gasteiger partial charge in [-0.1, -0.05) is 31.2 Å². The summed E-state index contributed by atoms with van der Waals surface area (Å²) in [5.41, 5.74) is 0.151. The topological polar surface area (TPSA) is 141 Å². The first-order chi connectivity index (χ1) is 16.8. The van der Waals surface area contributed by atoms with Crippen LogP contribution in [0.1, 0.15) is 33.1 Å². The van der Waals surface area contributed by atoms with Crippen molar-refractivity contribution in [2.24, 2.45) is 0 Å². The molecule has 3 atom stereocenters. The van der Waals surface area contributed by atoms with E-state index in [9.17, 15) is 20.0 Å². The summed E-state index contributed by atoms with van der Waals surface area (Å²) in [6.07, 6.45) is 9.95. The summed E-state index contributed by atoms with van der Waals surface area (Å²) in [6, 6.07) is 5.52. The predicted molar refractivity (Wildman–Crippen MR) is 130 cm³/mol. The molecule has 184 valence electrons. The second kappa shape index (κ2) is 11.2. The lowest BCUT2D eigenvalue weighted by atomic mass is 9.82. The molecule has 0 aliphatic heterocycles. The molecule has 0 fully saturated rings. The van der Waals surface area contributed by atoms with Crippen molar-refractivity contribution in [2.75, 3.05) is 12.4 Å². The van der Waals surface area contributed by atoms with E-state index in [0.29, 0.717) is 35.6 Å². The highest BCUT2D eigenvalue weighted by Crippen LogP contribution is 2.33. The van der Waals surface area contributed by atoms with Gasteiger partial charge in [0.15, 0.2) is 12.2 Å². The van der Waals surface area contributed by atoms with Gasteiger partial charge in [-0.2, -0.15) is 5.26 Å². The minimum atomic E-state index is -1.14. The molecular formula is C25H29N5O5. The summed E-state index contributed by atoms with van der Waals surface area (Å²) < 4.78 is 10.8. The van der Waals surface area contributed by atoms with Crippen LogP contribution in [-0.2, 0) is 0 Å². The van der Waals surface area contributed by atoms with Gasteiger partial charge in [0, 0.05) is 17.8 Å². The molecule has 35 heavy (non-hydrogen) atoms. The summed E-state index contributed by atoms with van der Waals surface area (Å²) in [4.78, 5) is 30.5. The fraction of sp³-hybridized carbons (Fsp3) is 0.360. The average Bonchev–Trinajstić information content (AvgIpc) is 3.38. The Bertz CT molecular complexity index is 1140. The Hall–Kier alpha value is -4.26. The summed E-state index contributed by atoms with van der Waals surface area (Å²) in [5, 5.41) is 24.9. The van der Waals surface area contributed by atoms with E-state index < -0.39 is 29.7 Å². The Kier molecular flexibility index (Phi) is 8.15. The van der Waals surface area contributed by atoms with Crippen molar-refractivity contribution in [3.8, 4) is 23.1 Å². The molecule has 10 heteroatoms. The molecule has 2 aromatic rings. The largest absolute Gasteiger partial charge is 0.496 e. The van der Waals surface area contributed by atoms with Crippen LogP contribution in [0.15, 0.2) is 59.5 Å². The molecule has 1 aliphatic carbocycles. The molecule has 0 saturated carbocycles. The molecule has 3 rings (SSSR count). The molecule has 0 bridgehead atoms. The van der Waals surface area contributed by atoms with Crippen LogP contribution in [0, 0.1) is 11.3 Å². The zero-order chi connectivity index (χ0) is 25.4. The van der Waals surface area contributed by atoms with Crippen molar-refractivity contribution in [3.63, 3.8) is 0 Å². The third-order valence-electron chi connectivity index (χ3n) is 6.18. The number of benzene rings is 1. The highest BCUT2D eigenvalue weighted by molar-refractivity contribution is 5.91. The number of carbonyl (C=O) groups is 2. The Labute approximate surface area is 203 Å². The van der Waals surface area contributed by atoms with Crippen LogP contribution in [0.4, 0.5) is 15.3 Å². The summed E-state index contributed by atoms with van der Waals surface area (Å²) in [6.45, 7) is 3.58. The number of carboxylic acid groups (broad SMARTS) is 1. The lowest BCUT2D eigenvalue weighted by molar-refractivity contribution is 0.0761. The van der Waals surface area contributed by atoms with Gasteiger partial charge in [-0.3, -0.25) is 4.90 Å². The van der Waals surface area contributed by atoms with Crippen molar-refractivity contribution < 1.29 is 23.8 Å². The quantitative estimate of drug-likeness (QED) is 0.470. The van der Waals surface area contributed by atoms with E-state index in [4.69, 9.17) is 9.15 Å². The first-order valence-electron chi connectivity index (χ1n) is 11.2. The highest BCUT2D eigenvalue weighted by atomic mass is 16.5. The molecule has 10 nitrogen and oxygen atoms in total. The number of methoxy groups -OCH3 is 1. The molecule has 3 amide bonds. The van der Waals surface area contributed by atoms with E-state index >= 15 is 0 Å². The van der Waals surface area contributed by atoms with Crippen molar-refractivity contribution in [1.29, 1.82) is 5.26 Å². The van der Waals surface area contributed by atoms with Crippen molar-refractivity contribution in [3.05, 3.63) is 55.1 Å². The molecule has 1 heterocycles. The van der Waals surface area contributed by atoms with E-state index in [1.165, 1.54) is 18.4 Å². The average molecular weight is 480 g/mol. The van der Waals surface area contributed by atoms with E-state index in [1.807, 2.05) is 19.1 Å². The summed E-state index contributed by atoms with van der Waals surface area (Å²) in [5.74, 6) is 1.02. The third-order valence-corrected chi connectivity index (χ3v) is 6.18. The first kappa shape index (κ1) is 25.4. The number of rotatable bonds is 9. The fourth-order valence-electron chi connectivity index (χ4n) is 4.27. The SMILES string of the molecule is CCC(CC#N)N(C(=O)O)C(C)[C@@]1(NC(=O)Nc2ccc(-c3cnco3)c(OC)c2)C=CC=CC1. The first-order valence-corrected chi connectivity index (χ1v) is 11.2. The number of allylic oxidation sites excluding steroid dienone is 2. The maximum Gasteiger partial charge on any atom is 0.407 e. The second-order valence-electron chi connectivity index (χ2n) is 8.18. The number of urea groups is 1. The number of hydrogen-bond donors (Lipinski definition) is 3. The number of ether oxygens (including phenoxy) is 1. The lowest BCUT2D eigenvalue weighted by Crippen LogP contribution is -2.63. The van der Waals surface area contributed by atoms with Gasteiger partial charge >= 0.3 is 12.1 Å². The number of anilines is 1. The van der Waals surface area contributed by atoms with Gasteiger partial charge in [0.25, 0.3) is 0 Å². The van der Waals surface area contributed by atoms with Gasteiger partial charge in [0.1, 0.15) is 5.75 Å². The number of oxazole rings is 1. The van der Waals surface area contributed by atoms with Gasteiger partial charge in [-0.25, -0.2) is 14.6 Å². The molecule has 0 saturated heterocycles. The van der Waals surface area contributed by atoms with Crippen LogP contribution < -0.4 is 15.4 Å². The molecule has 2 unspecified atom stereocenters. The minimum Gasteiger partial charge on any atom is -0.496 e. The van der Waals surface area contributed by atoms with Crippen molar-refractivity contribution >= 4 is 17.8 Å². The number of hydrogen-bond acceptors (Lipinski definition) is 6. The second-order valence-corrected chi connectivity index (χ2v) is 8.18. The Morgan fingerprint density at radius 2 is 2.20 bits per heavy atom. The number of amides is 3. The van der Waals surface area contributed by atoms with Crippen LogP contribution >= 0.6 is 0 Å². The molecule has 1 aromatic carbocycles. The van der Waals surface area contributed by atoms with Crippen molar-refractivity contribution in [2.45, 2.75) is 50.7 Å². The van der Waals surface area contributed by atoms with Gasteiger partial charge in [-0.15, -0.1) is 0 Å². The minimum absolute atomic E-state index is 0.0618. The normalized spacial score (nSPS) is 18.2. The maximum atomic E-state index is 13.1. The lowest BCUT2D eigenvalue weighted by Gasteiger charge is -2.45. The Morgan fingerprint density at radius 1 is 1.40 bits per heavy atom. The number of aromatic nitrogens is 1. The van der Waals surface area contributed by atoms with Gasteiger partial charge in [0.2, 0.25) is 0 Å². The fourth-order valence-corrected chi connectivity index (χ4v) is 4.27. The smallest absolute Gasteiger partial charge is 0.407 e. The predicted octanol–water partition coefficient (Wildman–Crippen LogP) is 4.79. The van der Waals surface area contributed by atoms with Crippen LogP contribution in [0.3, 0.4) is 0 Å². The van der Waals surface area contributed by atoms with Gasteiger partial charge in [-0.05, 0) is 31.9 Å². The highest BCUT2D eigenvalue weighted by Gasteiger charge is 2.42. The van der Waals surface area contributed by atoms with E-state index in [1.54, 1.807) is 43.5 Å². The molecule has 0 radical (unpaired) electrons. The summed E-state index contributed by atoms with van der Waals surface area (Å²) >= 11 is 0. The molecule has 0 spiro atoms.